The molecule has 0 fully saturated rings. The molecule has 0 radical (unpaired) electrons. The van der Waals surface area contributed by atoms with Gasteiger partial charge in [0.2, 0.25) is 5.09 Å². The Kier molecular flexibility index (Phi) is 5.14. The van der Waals surface area contributed by atoms with E-state index in [-0.39, 0.29) is 12.4 Å². The smallest absolute Gasteiger partial charge is 0.277 e. The number of carbonyl (C=O) groups excluding carboxylic acids is 1. The Labute approximate surface area is 132 Å². The molecule has 1 aromatic carbocycles. The van der Waals surface area contributed by atoms with E-state index < -0.39 is 21.1 Å². The van der Waals surface area contributed by atoms with E-state index in [1.807, 2.05) is 19.1 Å². The van der Waals surface area contributed by atoms with E-state index in [4.69, 9.17) is 9.15 Å². The number of amides is 1. The second-order valence-corrected chi connectivity index (χ2v) is 5.77. The molecule has 0 saturated heterocycles. The van der Waals surface area contributed by atoms with Crippen LogP contribution < -0.4 is 10.2 Å². The molecule has 0 bridgehead atoms. The van der Waals surface area contributed by atoms with Crippen molar-refractivity contribution in [3.8, 4) is 5.75 Å². The van der Waals surface area contributed by atoms with Gasteiger partial charge in [0.25, 0.3) is 5.91 Å². The van der Waals surface area contributed by atoms with Gasteiger partial charge >= 0.3 is 0 Å². The van der Waals surface area contributed by atoms with E-state index in [0.29, 0.717) is 5.75 Å². The van der Waals surface area contributed by atoms with E-state index in [1.165, 1.54) is 6.07 Å². The van der Waals surface area contributed by atoms with Crippen molar-refractivity contribution in [2.45, 2.75) is 12.0 Å². The fraction of sp³-hybridized carbons (Fsp3) is 0.143. The van der Waals surface area contributed by atoms with Gasteiger partial charge in [-0.1, -0.05) is 18.2 Å². The average Bonchev–Trinajstić information content (AvgIpc) is 2.95. The molecule has 9 heteroatoms. The van der Waals surface area contributed by atoms with Gasteiger partial charge in [0.05, 0.1) is 6.21 Å². The zero-order valence-electron chi connectivity index (χ0n) is 12.1. The van der Waals surface area contributed by atoms with Crippen LogP contribution in [0.25, 0.3) is 0 Å². The van der Waals surface area contributed by atoms with Crippen LogP contribution in [0.3, 0.4) is 0 Å². The number of rotatable bonds is 6. The lowest BCUT2D eigenvalue weighted by Gasteiger charge is -2.07. The van der Waals surface area contributed by atoms with Crippen LogP contribution in [0, 0.1) is 6.92 Å². The Morgan fingerprint density at radius 1 is 1.35 bits per heavy atom. The minimum Gasteiger partial charge on any atom is -0.742 e. The highest BCUT2D eigenvalue weighted by Crippen LogP contribution is 2.15. The summed E-state index contributed by atoms with van der Waals surface area (Å²) in [5, 5.41) is 2.86. The molecule has 2 rings (SSSR count). The number of benzene rings is 1. The van der Waals surface area contributed by atoms with Gasteiger partial charge in [-0.15, -0.1) is 0 Å². The van der Waals surface area contributed by atoms with E-state index in [0.717, 1.165) is 17.8 Å². The minimum absolute atomic E-state index is 0.0135. The topological polar surface area (TPSA) is 121 Å². The van der Waals surface area contributed by atoms with E-state index >= 15 is 0 Å². The molecule has 1 amide bonds. The van der Waals surface area contributed by atoms with Gasteiger partial charge in [-0.05, 0) is 30.7 Å². The second-order valence-electron chi connectivity index (χ2n) is 4.46. The molecule has 0 aliphatic carbocycles. The zero-order valence-corrected chi connectivity index (χ0v) is 12.9. The largest absolute Gasteiger partial charge is 0.742 e. The first-order chi connectivity index (χ1) is 10.9. The number of para-hydroxylation sites is 1. The van der Waals surface area contributed by atoms with Crippen LogP contribution >= 0.6 is 0 Å². The first-order valence-corrected chi connectivity index (χ1v) is 7.83. The fourth-order valence-corrected chi connectivity index (χ4v) is 2.03. The molecular formula is C14H13N2O6S-. The van der Waals surface area contributed by atoms with Crippen molar-refractivity contribution < 1.29 is 26.9 Å². The van der Waals surface area contributed by atoms with Crippen molar-refractivity contribution in [3.63, 3.8) is 0 Å². The quantitative estimate of drug-likeness (QED) is 0.477. The van der Waals surface area contributed by atoms with Crippen molar-refractivity contribution in [2.24, 2.45) is 5.10 Å². The molecule has 0 spiro atoms. The molecule has 0 unspecified atom stereocenters. The van der Waals surface area contributed by atoms with Gasteiger partial charge in [-0.25, -0.2) is 13.8 Å². The molecule has 1 N–H and O–H groups in total. The van der Waals surface area contributed by atoms with E-state index in [1.54, 1.807) is 12.1 Å². The van der Waals surface area contributed by atoms with Gasteiger partial charge in [0.1, 0.15) is 11.5 Å². The first-order valence-electron chi connectivity index (χ1n) is 6.42. The number of furan rings is 1. The maximum atomic E-state index is 11.6. The number of aryl methyl sites for hydroxylation is 1. The number of nitrogens with zero attached hydrogens (tertiary/aromatic N) is 1. The lowest BCUT2D eigenvalue weighted by Crippen LogP contribution is -2.24. The molecule has 0 atom stereocenters. The summed E-state index contributed by atoms with van der Waals surface area (Å²) in [4.78, 5) is 11.6. The summed E-state index contributed by atoms with van der Waals surface area (Å²) in [6, 6.07) is 9.48. The van der Waals surface area contributed by atoms with Gasteiger partial charge in [0, 0.05) is 0 Å². The number of carbonyl (C=O) groups is 1. The molecule has 0 aliphatic heterocycles. The van der Waals surface area contributed by atoms with Crippen LogP contribution in [0.4, 0.5) is 0 Å². The summed E-state index contributed by atoms with van der Waals surface area (Å²) in [6.45, 7) is 1.62. The molecule has 122 valence electrons. The predicted octanol–water partition coefficient (Wildman–Crippen LogP) is 1.02. The Bertz CT molecular complexity index is 825. The number of hydrogen-bond donors (Lipinski definition) is 1. The monoisotopic (exact) mass is 337 g/mol. The third-order valence-electron chi connectivity index (χ3n) is 2.68. The summed E-state index contributed by atoms with van der Waals surface area (Å²) < 4.78 is 42.1. The molecule has 23 heavy (non-hydrogen) atoms. The lowest BCUT2D eigenvalue weighted by molar-refractivity contribution is -0.123. The van der Waals surface area contributed by atoms with Gasteiger partial charge in [-0.3, -0.25) is 4.79 Å². The average molecular weight is 337 g/mol. The third kappa shape index (κ3) is 4.94. The van der Waals surface area contributed by atoms with Crippen molar-refractivity contribution in [3.05, 3.63) is 47.7 Å². The minimum atomic E-state index is -4.65. The van der Waals surface area contributed by atoms with Gasteiger partial charge in [0.15, 0.2) is 16.7 Å². The number of nitrogens with one attached hydrogen (secondary N) is 1. The van der Waals surface area contributed by atoms with Crippen LogP contribution in [-0.4, -0.2) is 31.7 Å². The summed E-state index contributed by atoms with van der Waals surface area (Å²) >= 11 is 0. The molecular weight excluding hydrogens is 324 g/mol. The standard InChI is InChI=1S/C14H14N2O6S/c1-10-4-2-3-5-12(10)21-9-13(17)16-15-8-11-6-7-14(22-11)23(18,19)20/h2-8H,9H2,1H3,(H,16,17)(H,18,19,20)/p-1. The molecule has 1 heterocycles. The SMILES string of the molecule is Cc1ccccc1OCC(=O)NN=Cc1ccc(S(=O)(=O)[O-])o1. The van der Waals surface area contributed by atoms with Crippen LogP contribution in [0.1, 0.15) is 11.3 Å². The van der Waals surface area contributed by atoms with Crippen LogP contribution in [0.15, 0.2) is 51.0 Å². The molecule has 8 nitrogen and oxygen atoms in total. The Hall–Kier alpha value is -2.65. The van der Waals surface area contributed by atoms with Crippen molar-refractivity contribution in [2.75, 3.05) is 6.61 Å². The maximum Gasteiger partial charge on any atom is 0.277 e. The molecule has 0 saturated carbocycles. The highest BCUT2D eigenvalue weighted by Gasteiger charge is 2.07. The van der Waals surface area contributed by atoms with Gasteiger partial charge < -0.3 is 13.7 Å². The van der Waals surface area contributed by atoms with Crippen LogP contribution in [0.5, 0.6) is 5.75 Å². The molecule has 2 aromatic rings. The Morgan fingerprint density at radius 2 is 2.09 bits per heavy atom. The first kappa shape index (κ1) is 16.7. The normalized spacial score (nSPS) is 11.6. The number of hydrogen-bond acceptors (Lipinski definition) is 7. The molecule has 1 aromatic heterocycles. The summed E-state index contributed by atoms with van der Waals surface area (Å²) in [6.07, 6.45) is 1.07. The van der Waals surface area contributed by atoms with Crippen LogP contribution in [0.2, 0.25) is 0 Å². The summed E-state index contributed by atoms with van der Waals surface area (Å²) in [5.41, 5.74) is 3.08. The van der Waals surface area contributed by atoms with Crippen molar-refractivity contribution in [1.29, 1.82) is 0 Å². The number of ether oxygens (including phenoxy) is 1. The summed E-state index contributed by atoms with van der Waals surface area (Å²) in [5.74, 6) is 0.0928. The Balaban J connectivity index is 1.84. The zero-order chi connectivity index (χ0) is 16.9. The van der Waals surface area contributed by atoms with Crippen molar-refractivity contribution in [1.82, 2.24) is 5.43 Å². The third-order valence-corrected chi connectivity index (χ3v) is 3.39. The van der Waals surface area contributed by atoms with E-state index in [9.17, 15) is 17.8 Å². The van der Waals surface area contributed by atoms with E-state index in [2.05, 4.69) is 10.5 Å². The number of hydrazone groups is 1. The lowest BCUT2D eigenvalue weighted by atomic mass is 10.2. The highest BCUT2D eigenvalue weighted by atomic mass is 32.2. The summed E-state index contributed by atoms with van der Waals surface area (Å²) in [7, 11) is -4.65. The van der Waals surface area contributed by atoms with Crippen molar-refractivity contribution >= 4 is 22.2 Å². The second kappa shape index (κ2) is 7.07. The highest BCUT2D eigenvalue weighted by molar-refractivity contribution is 7.85. The fourth-order valence-electron chi connectivity index (χ4n) is 1.60. The molecule has 0 aliphatic rings. The van der Waals surface area contributed by atoms with Crippen LogP contribution in [-0.2, 0) is 14.9 Å². The van der Waals surface area contributed by atoms with Gasteiger partial charge in [-0.2, -0.15) is 5.10 Å². The maximum absolute atomic E-state index is 11.6. The Morgan fingerprint density at radius 3 is 2.74 bits per heavy atom. The predicted molar refractivity (Wildman–Crippen MR) is 79.1 cm³/mol.